The third-order valence-corrected chi connectivity index (χ3v) is 2.77. The Labute approximate surface area is 99.5 Å². The van der Waals surface area contributed by atoms with Crippen LogP contribution in [0.5, 0.6) is 0 Å². The highest BCUT2D eigenvalue weighted by molar-refractivity contribution is 7.80. The minimum absolute atomic E-state index is 0.651. The number of nitrogens with zero attached hydrogens (tertiary/aromatic N) is 1. The van der Waals surface area contributed by atoms with Crippen LogP contribution in [0.2, 0.25) is 0 Å². The first kappa shape index (κ1) is 10.8. The Morgan fingerprint density at radius 2 is 2.00 bits per heavy atom. The first-order chi connectivity index (χ1) is 7.74. The van der Waals surface area contributed by atoms with Gasteiger partial charge in [-0.05, 0) is 6.92 Å². The van der Waals surface area contributed by atoms with E-state index in [1.807, 2.05) is 37.3 Å². The third kappa shape index (κ3) is 1.84. The molecule has 2 aromatic rings. The van der Waals surface area contributed by atoms with Crippen LogP contribution < -0.4 is 5.32 Å². The summed E-state index contributed by atoms with van der Waals surface area (Å²) < 4.78 is 5.20. The molecule has 0 saturated carbocycles. The highest BCUT2D eigenvalue weighted by Gasteiger charge is 2.17. The van der Waals surface area contributed by atoms with Gasteiger partial charge in [-0.3, -0.25) is 0 Å². The predicted molar refractivity (Wildman–Crippen MR) is 67.4 cm³/mol. The molecule has 0 saturated heterocycles. The van der Waals surface area contributed by atoms with E-state index in [9.17, 15) is 0 Å². The first-order valence-corrected chi connectivity index (χ1v) is 5.38. The summed E-state index contributed by atoms with van der Waals surface area (Å²) >= 11 is 5.24. The van der Waals surface area contributed by atoms with Gasteiger partial charge in [0, 0.05) is 12.6 Å². The summed E-state index contributed by atoms with van der Waals surface area (Å²) in [7, 11) is 1.80. The van der Waals surface area contributed by atoms with Crippen LogP contribution in [0.15, 0.2) is 34.9 Å². The van der Waals surface area contributed by atoms with Crippen molar-refractivity contribution in [3.05, 3.63) is 41.7 Å². The average Bonchev–Trinajstić information content (AvgIpc) is 2.71. The number of aromatic nitrogens is 1. The molecule has 0 spiro atoms. The summed E-state index contributed by atoms with van der Waals surface area (Å²) in [5.74, 6) is 0.734. The van der Waals surface area contributed by atoms with Crippen molar-refractivity contribution in [3.8, 4) is 11.3 Å². The second-order valence-electron chi connectivity index (χ2n) is 3.41. The highest BCUT2D eigenvalue weighted by atomic mass is 32.1. The lowest BCUT2D eigenvalue weighted by Crippen LogP contribution is -2.17. The number of thiocarbonyl (C=S) groups is 1. The summed E-state index contributed by atoms with van der Waals surface area (Å²) in [6.45, 7) is 1.86. The number of nitrogens with one attached hydrogen (secondary N) is 1. The first-order valence-electron chi connectivity index (χ1n) is 4.98. The lowest BCUT2D eigenvalue weighted by molar-refractivity contribution is 0.399. The van der Waals surface area contributed by atoms with Gasteiger partial charge in [-0.15, -0.1) is 0 Å². The fourth-order valence-corrected chi connectivity index (χ4v) is 1.80. The van der Waals surface area contributed by atoms with E-state index in [1.165, 1.54) is 0 Å². The van der Waals surface area contributed by atoms with Crippen molar-refractivity contribution >= 4 is 17.2 Å². The normalized spacial score (nSPS) is 10.1. The Balaban J connectivity index is 2.55. The van der Waals surface area contributed by atoms with Gasteiger partial charge in [0.1, 0.15) is 16.4 Å². The molecule has 16 heavy (non-hydrogen) atoms. The number of rotatable bonds is 2. The van der Waals surface area contributed by atoms with E-state index in [4.69, 9.17) is 16.7 Å². The molecule has 1 heterocycles. The molecule has 0 radical (unpaired) electrons. The molecule has 0 bridgehead atoms. The lowest BCUT2D eigenvalue weighted by Gasteiger charge is -2.03. The molecule has 0 atom stereocenters. The van der Waals surface area contributed by atoms with Gasteiger partial charge in [0.05, 0.1) is 5.56 Å². The van der Waals surface area contributed by atoms with Crippen LogP contribution in [-0.2, 0) is 0 Å². The molecule has 1 aromatic heterocycles. The maximum absolute atomic E-state index is 5.24. The van der Waals surface area contributed by atoms with Crippen molar-refractivity contribution in [3.63, 3.8) is 0 Å². The summed E-state index contributed by atoms with van der Waals surface area (Å²) in [5.41, 5.74) is 2.66. The Morgan fingerprint density at radius 3 is 2.62 bits per heavy atom. The quantitative estimate of drug-likeness (QED) is 0.807. The standard InChI is InChI=1S/C12H12N2OS/c1-8-10(12(16)13-2)11(14-15-8)9-6-4-3-5-7-9/h3-7H,1-2H3,(H,13,16). The molecule has 0 aliphatic heterocycles. The van der Waals surface area contributed by atoms with E-state index in [0.717, 1.165) is 22.6 Å². The van der Waals surface area contributed by atoms with E-state index in [2.05, 4.69) is 10.5 Å². The Hall–Kier alpha value is -1.68. The molecule has 0 aliphatic rings. The minimum Gasteiger partial charge on any atom is -0.379 e. The highest BCUT2D eigenvalue weighted by Crippen LogP contribution is 2.24. The second kappa shape index (κ2) is 4.45. The maximum atomic E-state index is 5.24. The van der Waals surface area contributed by atoms with Crippen LogP contribution in [0, 0.1) is 6.92 Å². The fraction of sp³-hybridized carbons (Fsp3) is 0.167. The molecule has 1 N–H and O–H groups in total. The monoisotopic (exact) mass is 232 g/mol. The van der Waals surface area contributed by atoms with Crippen LogP contribution in [0.3, 0.4) is 0 Å². The molecular weight excluding hydrogens is 220 g/mol. The van der Waals surface area contributed by atoms with Crippen molar-refractivity contribution in [1.82, 2.24) is 10.5 Å². The number of aryl methyl sites for hydroxylation is 1. The zero-order valence-electron chi connectivity index (χ0n) is 9.15. The largest absolute Gasteiger partial charge is 0.379 e. The molecule has 0 aliphatic carbocycles. The van der Waals surface area contributed by atoms with E-state index >= 15 is 0 Å². The SMILES string of the molecule is CNC(=S)c1c(-c2ccccc2)noc1C. The van der Waals surface area contributed by atoms with E-state index < -0.39 is 0 Å². The predicted octanol–water partition coefficient (Wildman–Crippen LogP) is 2.54. The van der Waals surface area contributed by atoms with Gasteiger partial charge in [0.15, 0.2) is 0 Å². The van der Waals surface area contributed by atoms with Crippen LogP contribution in [0.4, 0.5) is 0 Å². The van der Waals surface area contributed by atoms with Gasteiger partial charge in [-0.1, -0.05) is 47.7 Å². The van der Waals surface area contributed by atoms with Gasteiger partial charge >= 0.3 is 0 Å². The van der Waals surface area contributed by atoms with Crippen molar-refractivity contribution in [1.29, 1.82) is 0 Å². The number of hydrogen-bond acceptors (Lipinski definition) is 3. The summed E-state index contributed by atoms with van der Waals surface area (Å²) in [4.78, 5) is 0.651. The lowest BCUT2D eigenvalue weighted by atomic mass is 10.1. The third-order valence-electron chi connectivity index (χ3n) is 2.36. The van der Waals surface area contributed by atoms with E-state index in [1.54, 1.807) is 7.05 Å². The minimum atomic E-state index is 0.651. The molecule has 0 unspecified atom stereocenters. The molecule has 1 aromatic carbocycles. The van der Waals surface area contributed by atoms with Crippen molar-refractivity contribution in [2.45, 2.75) is 6.92 Å². The summed E-state index contributed by atoms with van der Waals surface area (Å²) in [5, 5.41) is 7.00. The van der Waals surface area contributed by atoms with E-state index in [0.29, 0.717) is 4.99 Å². The zero-order chi connectivity index (χ0) is 11.5. The smallest absolute Gasteiger partial charge is 0.144 e. The molecule has 3 nitrogen and oxygen atoms in total. The molecule has 0 amide bonds. The summed E-state index contributed by atoms with van der Waals surface area (Å²) in [6.07, 6.45) is 0. The van der Waals surface area contributed by atoms with Gasteiger partial charge in [-0.25, -0.2) is 0 Å². The van der Waals surface area contributed by atoms with Crippen molar-refractivity contribution in [2.24, 2.45) is 0 Å². The van der Waals surface area contributed by atoms with Gasteiger partial charge in [0.2, 0.25) is 0 Å². The molecule has 0 fully saturated rings. The average molecular weight is 232 g/mol. The molecule has 2 rings (SSSR count). The summed E-state index contributed by atoms with van der Waals surface area (Å²) in [6, 6.07) is 9.86. The van der Waals surface area contributed by atoms with Gasteiger partial charge < -0.3 is 9.84 Å². The Morgan fingerprint density at radius 1 is 1.31 bits per heavy atom. The van der Waals surface area contributed by atoms with Crippen LogP contribution in [0.1, 0.15) is 11.3 Å². The van der Waals surface area contributed by atoms with Crippen LogP contribution >= 0.6 is 12.2 Å². The van der Waals surface area contributed by atoms with E-state index in [-0.39, 0.29) is 0 Å². The second-order valence-corrected chi connectivity index (χ2v) is 3.82. The Kier molecular flexibility index (Phi) is 3.01. The maximum Gasteiger partial charge on any atom is 0.144 e. The fourth-order valence-electron chi connectivity index (χ4n) is 1.56. The Bertz CT molecular complexity index is 505. The number of hydrogen-bond donors (Lipinski definition) is 1. The van der Waals surface area contributed by atoms with Crippen molar-refractivity contribution < 1.29 is 4.52 Å². The zero-order valence-corrected chi connectivity index (χ0v) is 9.97. The van der Waals surface area contributed by atoms with Gasteiger partial charge in [0.25, 0.3) is 0 Å². The molecule has 4 heteroatoms. The van der Waals surface area contributed by atoms with Crippen LogP contribution in [0.25, 0.3) is 11.3 Å². The molecule has 82 valence electrons. The topological polar surface area (TPSA) is 38.1 Å². The van der Waals surface area contributed by atoms with Crippen molar-refractivity contribution in [2.75, 3.05) is 7.05 Å². The number of benzene rings is 1. The van der Waals surface area contributed by atoms with Crippen LogP contribution in [-0.4, -0.2) is 17.2 Å². The molecular formula is C12H12N2OS. The van der Waals surface area contributed by atoms with Gasteiger partial charge in [-0.2, -0.15) is 0 Å².